The van der Waals surface area contributed by atoms with Crippen LogP contribution in [-0.2, 0) is 0 Å². The summed E-state index contributed by atoms with van der Waals surface area (Å²) < 4.78 is 0. The molecule has 0 aromatic heterocycles. The van der Waals surface area contributed by atoms with E-state index in [2.05, 4.69) is 64.4 Å². The summed E-state index contributed by atoms with van der Waals surface area (Å²) in [6.07, 6.45) is 0. The monoisotopic (exact) mass is 281 g/mol. The highest BCUT2D eigenvalue weighted by atomic mass is 15.3. The number of nitrogens with zero attached hydrogens (tertiary/aromatic N) is 2. The summed E-state index contributed by atoms with van der Waals surface area (Å²) in [7, 11) is 0. The molecule has 0 saturated carbocycles. The van der Waals surface area contributed by atoms with Crippen LogP contribution < -0.4 is 10.6 Å². The molecule has 0 amide bonds. The second kappa shape index (κ2) is 6.74. The molecular formula is C18H23N3. The van der Waals surface area contributed by atoms with Crippen LogP contribution in [-0.4, -0.2) is 44.2 Å². The van der Waals surface area contributed by atoms with Gasteiger partial charge in [0.05, 0.1) is 0 Å². The van der Waals surface area contributed by atoms with E-state index in [1.807, 2.05) is 0 Å². The molecule has 1 aliphatic rings. The zero-order valence-electron chi connectivity index (χ0n) is 12.4. The van der Waals surface area contributed by atoms with E-state index in [1.54, 1.807) is 0 Å². The summed E-state index contributed by atoms with van der Waals surface area (Å²) in [6.45, 7) is 6.16. The van der Waals surface area contributed by atoms with Gasteiger partial charge >= 0.3 is 0 Å². The fourth-order valence-corrected chi connectivity index (χ4v) is 2.91. The van der Waals surface area contributed by atoms with E-state index in [-0.39, 0.29) is 0 Å². The van der Waals surface area contributed by atoms with Crippen LogP contribution in [0.3, 0.4) is 0 Å². The van der Waals surface area contributed by atoms with Gasteiger partial charge < -0.3 is 10.6 Å². The van der Waals surface area contributed by atoms with Gasteiger partial charge in [-0.25, -0.2) is 0 Å². The van der Waals surface area contributed by atoms with Crippen molar-refractivity contribution in [1.82, 2.24) is 4.90 Å². The molecule has 0 spiro atoms. The Labute approximate surface area is 127 Å². The maximum absolute atomic E-state index is 5.62. The van der Waals surface area contributed by atoms with Crippen molar-refractivity contribution in [3.05, 3.63) is 54.6 Å². The lowest BCUT2D eigenvalue weighted by Crippen LogP contribution is -2.47. The van der Waals surface area contributed by atoms with E-state index in [4.69, 9.17) is 5.73 Å². The van der Waals surface area contributed by atoms with Gasteiger partial charge in [0.1, 0.15) is 0 Å². The number of anilines is 1. The standard InChI is InChI=1S/C18H23N3/c19-10-11-20-12-14-21(15-13-20)18-8-6-17(7-9-18)16-4-2-1-3-5-16/h1-9H,10-15,19H2. The van der Waals surface area contributed by atoms with Crippen molar-refractivity contribution in [2.45, 2.75) is 0 Å². The first-order valence-corrected chi connectivity index (χ1v) is 7.70. The maximum atomic E-state index is 5.62. The van der Waals surface area contributed by atoms with Gasteiger partial charge in [0.15, 0.2) is 0 Å². The van der Waals surface area contributed by atoms with Gasteiger partial charge in [-0.1, -0.05) is 42.5 Å². The minimum absolute atomic E-state index is 0.756. The number of benzene rings is 2. The SMILES string of the molecule is NCCN1CCN(c2ccc(-c3ccccc3)cc2)CC1. The van der Waals surface area contributed by atoms with Gasteiger partial charge in [0.25, 0.3) is 0 Å². The van der Waals surface area contributed by atoms with E-state index in [0.717, 1.165) is 39.3 Å². The Kier molecular flexibility index (Phi) is 4.53. The lowest BCUT2D eigenvalue weighted by atomic mass is 10.1. The third-order valence-electron chi connectivity index (χ3n) is 4.16. The molecule has 2 aromatic rings. The summed E-state index contributed by atoms with van der Waals surface area (Å²) >= 11 is 0. The average Bonchev–Trinajstić information content (AvgIpc) is 2.57. The Balaban J connectivity index is 1.65. The topological polar surface area (TPSA) is 32.5 Å². The van der Waals surface area contributed by atoms with Gasteiger partial charge in [0, 0.05) is 45.0 Å². The number of hydrogen-bond donors (Lipinski definition) is 1. The molecule has 3 rings (SSSR count). The summed E-state index contributed by atoms with van der Waals surface area (Å²) in [5.74, 6) is 0. The molecule has 3 heteroatoms. The average molecular weight is 281 g/mol. The van der Waals surface area contributed by atoms with Crippen LogP contribution in [0.5, 0.6) is 0 Å². The predicted octanol–water partition coefficient (Wildman–Crippen LogP) is 2.43. The largest absolute Gasteiger partial charge is 0.369 e. The van der Waals surface area contributed by atoms with Crippen molar-refractivity contribution in [2.75, 3.05) is 44.2 Å². The Morgan fingerprint density at radius 3 is 2.00 bits per heavy atom. The zero-order valence-corrected chi connectivity index (χ0v) is 12.4. The number of nitrogens with two attached hydrogens (primary N) is 1. The zero-order chi connectivity index (χ0) is 14.5. The Bertz CT molecular complexity index is 542. The van der Waals surface area contributed by atoms with Crippen LogP contribution >= 0.6 is 0 Å². The Hall–Kier alpha value is -1.84. The number of hydrogen-bond acceptors (Lipinski definition) is 3. The highest BCUT2D eigenvalue weighted by Crippen LogP contribution is 2.23. The number of piperazine rings is 1. The van der Waals surface area contributed by atoms with Crippen molar-refractivity contribution in [3.8, 4) is 11.1 Å². The van der Waals surface area contributed by atoms with Gasteiger partial charge in [0.2, 0.25) is 0 Å². The van der Waals surface area contributed by atoms with E-state index in [9.17, 15) is 0 Å². The number of rotatable bonds is 4. The summed E-state index contributed by atoms with van der Waals surface area (Å²) in [5.41, 5.74) is 9.50. The van der Waals surface area contributed by atoms with E-state index < -0.39 is 0 Å². The Morgan fingerprint density at radius 1 is 0.762 bits per heavy atom. The first kappa shape index (κ1) is 14.1. The maximum Gasteiger partial charge on any atom is 0.0367 e. The molecule has 21 heavy (non-hydrogen) atoms. The van der Waals surface area contributed by atoms with Crippen LogP contribution in [0.25, 0.3) is 11.1 Å². The molecule has 0 radical (unpaired) electrons. The van der Waals surface area contributed by atoms with Crippen LogP contribution in [0.1, 0.15) is 0 Å². The molecule has 0 bridgehead atoms. The summed E-state index contributed by atoms with van der Waals surface area (Å²) in [4.78, 5) is 4.90. The fraction of sp³-hybridized carbons (Fsp3) is 0.333. The van der Waals surface area contributed by atoms with Crippen molar-refractivity contribution >= 4 is 5.69 Å². The molecular weight excluding hydrogens is 258 g/mol. The molecule has 1 aliphatic heterocycles. The molecule has 2 aromatic carbocycles. The van der Waals surface area contributed by atoms with Crippen LogP contribution in [0.2, 0.25) is 0 Å². The summed E-state index contributed by atoms with van der Waals surface area (Å²) in [5, 5.41) is 0. The predicted molar refractivity (Wildman–Crippen MR) is 89.6 cm³/mol. The van der Waals surface area contributed by atoms with Crippen molar-refractivity contribution in [3.63, 3.8) is 0 Å². The van der Waals surface area contributed by atoms with Crippen molar-refractivity contribution < 1.29 is 0 Å². The highest BCUT2D eigenvalue weighted by Gasteiger charge is 2.16. The van der Waals surface area contributed by atoms with Crippen LogP contribution in [0, 0.1) is 0 Å². The van der Waals surface area contributed by atoms with Crippen LogP contribution in [0.15, 0.2) is 54.6 Å². The van der Waals surface area contributed by atoms with Crippen molar-refractivity contribution in [1.29, 1.82) is 0 Å². The molecule has 0 aliphatic carbocycles. The van der Waals surface area contributed by atoms with Crippen LogP contribution in [0.4, 0.5) is 5.69 Å². The van der Waals surface area contributed by atoms with E-state index in [1.165, 1.54) is 16.8 Å². The van der Waals surface area contributed by atoms with E-state index in [0.29, 0.717) is 0 Å². The normalized spacial score (nSPS) is 16.1. The first-order chi connectivity index (χ1) is 10.4. The van der Waals surface area contributed by atoms with Gasteiger partial charge in [-0.05, 0) is 23.3 Å². The molecule has 0 unspecified atom stereocenters. The quantitative estimate of drug-likeness (QED) is 0.934. The molecule has 1 fully saturated rings. The van der Waals surface area contributed by atoms with Gasteiger partial charge in [-0.3, -0.25) is 4.90 Å². The molecule has 110 valence electrons. The lowest BCUT2D eigenvalue weighted by Gasteiger charge is -2.36. The minimum atomic E-state index is 0.756. The molecule has 0 atom stereocenters. The second-order valence-electron chi connectivity index (χ2n) is 5.53. The molecule has 1 saturated heterocycles. The van der Waals surface area contributed by atoms with Gasteiger partial charge in [-0.2, -0.15) is 0 Å². The first-order valence-electron chi connectivity index (χ1n) is 7.70. The highest BCUT2D eigenvalue weighted by molar-refractivity contribution is 5.66. The van der Waals surface area contributed by atoms with Crippen molar-refractivity contribution in [2.24, 2.45) is 5.73 Å². The van der Waals surface area contributed by atoms with E-state index >= 15 is 0 Å². The third-order valence-corrected chi connectivity index (χ3v) is 4.16. The Morgan fingerprint density at radius 2 is 1.38 bits per heavy atom. The minimum Gasteiger partial charge on any atom is -0.369 e. The summed E-state index contributed by atoms with van der Waals surface area (Å²) in [6, 6.07) is 19.4. The third kappa shape index (κ3) is 3.43. The van der Waals surface area contributed by atoms with Gasteiger partial charge in [-0.15, -0.1) is 0 Å². The molecule has 1 heterocycles. The smallest absolute Gasteiger partial charge is 0.0367 e. The molecule has 3 nitrogen and oxygen atoms in total. The molecule has 2 N–H and O–H groups in total. The fourth-order valence-electron chi connectivity index (χ4n) is 2.91. The lowest BCUT2D eigenvalue weighted by molar-refractivity contribution is 0.265. The second-order valence-corrected chi connectivity index (χ2v) is 5.53.